The predicted octanol–water partition coefficient (Wildman–Crippen LogP) is 2.74. The zero-order valence-electron chi connectivity index (χ0n) is 11.9. The molecule has 1 amide bonds. The number of benzene rings is 1. The van der Waals surface area contributed by atoms with Gasteiger partial charge in [-0.1, -0.05) is 27.2 Å². The van der Waals surface area contributed by atoms with E-state index in [1.165, 1.54) is 0 Å². The topological polar surface area (TPSA) is 78.9 Å². The zero-order valence-corrected chi connectivity index (χ0v) is 13.5. The van der Waals surface area contributed by atoms with Gasteiger partial charge in [0.05, 0.1) is 0 Å². The minimum absolute atomic E-state index is 0.0346. The van der Waals surface area contributed by atoms with Crippen LogP contribution >= 0.6 is 15.9 Å². The van der Waals surface area contributed by atoms with Gasteiger partial charge in [0.25, 0.3) is 5.91 Å². The Kier molecular flexibility index (Phi) is 6.01. The van der Waals surface area contributed by atoms with Crippen molar-refractivity contribution in [1.82, 2.24) is 4.90 Å². The monoisotopic (exact) mass is 341 g/mol. The average molecular weight is 342 g/mol. The van der Waals surface area contributed by atoms with E-state index in [4.69, 9.17) is 10.9 Å². The molecule has 0 bridgehead atoms. The lowest BCUT2D eigenvalue weighted by atomic mass is 10.1. The third-order valence-corrected chi connectivity index (χ3v) is 3.54. The molecule has 0 saturated heterocycles. The smallest absolute Gasteiger partial charge is 0.254 e. The first kappa shape index (κ1) is 16.5. The summed E-state index contributed by atoms with van der Waals surface area (Å²) in [5.74, 6) is 0.0685. The Bertz CT molecular complexity index is 515. The number of aryl methyl sites for hydroxylation is 1. The molecule has 0 saturated carbocycles. The van der Waals surface area contributed by atoms with Gasteiger partial charge in [0.15, 0.2) is 0 Å². The van der Waals surface area contributed by atoms with E-state index in [1.54, 1.807) is 4.90 Å². The van der Waals surface area contributed by atoms with Crippen LogP contribution in [-0.2, 0) is 0 Å². The van der Waals surface area contributed by atoms with Crippen LogP contribution in [-0.4, -0.2) is 34.4 Å². The zero-order chi connectivity index (χ0) is 15.3. The molecule has 5 nitrogen and oxygen atoms in total. The number of amidine groups is 1. The predicted molar refractivity (Wildman–Crippen MR) is 83.1 cm³/mol. The van der Waals surface area contributed by atoms with Gasteiger partial charge in [-0.3, -0.25) is 4.79 Å². The third-order valence-electron chi connectivity index (χ3n) is 3.05. The van der Waals surface area contributed by atoms with Gasteiger partial charge >= 0.3 is 0 Å². The quantitative estimate of drug-likeness (QED) is 0.374. The van der Waals surface area contributed by atoms with Crippen LogP contribution in [0.25, 0.3) is 0 Å². The second-order valence-electron chi connectivity index (χ2n) is 4.89. The van der Waals surface area contributed by atoms with Crippen LogP contribution < -0.4 is 5.73 Å². The molecule has 0 aliphatic heterocycles. The van der Waals surface area contributed by atoms with Gasteiger partial charge in [0, 0.05) is 29.0 Å². The Balaban J connectivity index is 2.97. The summed E-state index contributed by atoms with van der Waals surface area (Å²) < 4.78 is 0.867. The number of nitrogens with two attached hydrogens (primary N) is 1. The molecule has 1 aromatic rings. The molecule has 0 atom stereocenters. The molecule has 0 spiro atoms. The van der Waals surface area contributed by atoms with E-state index in [9.17, 15) is 4.79 Å². The lowest BCUT2D eigenvalue weighted by molar-refractivity contribution is 0.0710. The first-order valence-corrected chi connectivity index (χ1v) is 7.19. The number of carbonyl (C=O) groups is 1. The largest absolute Gasteiger partial charge is 0.409 e. The second-order valence-corrected chi connectivity index (χ2v) is 5.81. The Morgan fingerprint density at radius 3 is 2.70 bits per heavy atom. The normalized spacial score (nSPS) is 11.8. The van der Waals surface area contributed by atoms with Crippen LogP contribution in [0.2, 0.25) is 0 Å². The van der Waals surface area contributed by atoms with Crippen LogP contribution in [0, 0.1) is 6.92 Å². The molecule has 0 aliphatic carbocycles. The molecule has 0 heterocycles. The molecule has 110 valence electrons. The van der Waals surface area contributed by atoms with E-state index < -0.39 is 0 Å². The van der Waals surface area contributed by atoms with E-state index in [1.807, 2.05) is 39.0 Å². The first-order valence-electron chi connectivity index (χ1n) is 6.40. The number of amides is 1. The summed E-state index contributed by atoms with van der Waals surface area (Å²) in [6.07, 6.45) is 0.341. The molecule has 3 N–H and O–H groups in total. The minimum Gasteiger partial charge on any atom is -0.409 e. The van der Waals surface area contributed by atoms with Crippen molar-refractivity contribution in [2.75, 3.05) is 6.54 Å². The molecule has 0 radical (unpaired) electrons. The molecule has 0 fully saturated rings. The highest BCUT2D eigenvalue weighted by Gasteiger charge is 2.20. The van der Waals surface area contributed by atoms with Gasteiger partial charge in [-0.05, 0) is 38.5 Å². The van der Waals surface area contributed by atoms with E-state index in [0.717, 1.165) is 10.0 Å². The van der Waals surface area contributed by atoms with Crippen molar-refractivity contribution in [2.45, 2.75) is 33.2 Å². The number of halogens is 1. The molecular formula is C14H20BrN3O2. The summed E-state index contributed by atoms with van der Waals surface area (Å²) in [5.41, 5.74) is 7.05. The van der Waals surface area contributed by atoms with Crippen LogP contribution in [0.15, 0.2) is 27.8 Å². The SMILES string of the molecule is Cc1ccc(Br)cc1C(=O)N(CCC(N)=NO)C(C)C. The van der Waals surface area contributed by atoms with Crippen molar-refractivity contribution >= 4 is 27.7 Å². The van der Waals surface area contributed by atoms with E-state index >= 15 is 0 Å². The highest BCUT2D eigenvalue weighted by atomic mass is 79.9. The molecule has 0 aromatic heterocycles. The van der Waals surface area contributed by atoms with E-state index in [-0.39, 0.29) is 17.8 Å². The molecule has 1 aromatic carbocycles. The lowest BCUT2D eigenvalue weighted by Gasteiger charge is -2.27. The van der Waals surface area contributed by atoms with Crippen LogP contribution in [0.3, 0.4) is 0 Å². The Hall–Kier alpha value is -1.56. The maximum Gasteiger partial charge on any atom is 0.254 e. The van der Waals surface area contributed by atoms with Gasteiger partial charge in [0.2, 0.25) is 0 Å². The molecule has 6 heteroatoms. The van der Waals surface area contributed by atoms with Crippen LogP contribution in [0.1, 0.15) is 36.2 Å². The summed E-state index contributed by atoms with van der Waals surface area (Å²) in [6.45, 7) is 6.20. The van der Waals surface area contributed by atoms with Crippen molar-refractivity contribution in [2.24, 2.45) is 10.9 Å². The highest BCUT2D eigenvalue weighted by Crippen LogP contribution is 2.19. The number of rotatable bonds is 5. The Labute approximate surface area is 127 Å². The fourth-order valence-corrected chi connectivity index (χ4v) is 2.22. The van der Waals surface area contributed by atoms with Crippen molar-refractivity contribution < 1.29 is 10.0 Å². The molecular weight excluding hydrogens is 322 g/mol. The minimum atomic E-state index is -0.0514. The van der Waals surface area contributed by atoms with E-state index in [2.05, 4.69) is 21.1 Å². The molecule has 1 rings (SSSR count). The lowest BCUT2D eigenvalue weighted by Crippen LogP contribution is -2.39. The number of hydrogen-bond acceptors (Lipinski definition) is 3. The Morgan fingerprint density at radius 2 is 2.15 bits per heavy atom. The third kappa shape index (κ3) is 4.23. The van der Waals surface area contributed by atoms with Crippen molar-refractivity contribution in [3.8, 4) is 0 Å². The standard InChI is InChI=1S/C14H20BrN3O2/c1-9(2)18(7-6-13(16)17-20)14(19)12-8-11(15)5-4-10(12)3/h4-5,8-9,20H,6-7H2,1-3H3,(H2,16,17). The highest BCUT2D eigenvalue weighted by molar-refractivity contribution is 9.10. The number of carbonyl (C=O) groups excluding carboxylic acids is 1. The maximum atomic E-state index is 12.6. The fourth-order valence-electron chi connectivity index (χ4n) is 1.86. The Morgan fingerprint density at radius 1 is 1.50 bits per heavy atom. The van der Waals surface area contributed by atoms with Gasteiger partial charge in [-0.15, -0.1) is 0 Å². The van der Waals surface area contributed by atoms with Crippen LogP contribution in [0.4, 0.5) is 0 Å². The number of nitrogens with zero attached hydrogens (tertiary/aromatic N) is 2. The summed E-state index contributed by atoms with van der Waals surface area (Å²) in [5, 5.41) is 11.5. The first-order chi connectivity index (χ1) is 9.36. The summed E-state index contributed by atoms with van der Waals surface area (Å²) in [4.78, 5) is 14.3. The number of hydrogen-bond donors (Lipinski definition) is 2. The summed E-state index contributed by atoms with van der Waals surface area (Å²) >= 11 is 3.38. The van der Waals surface area contributed by atoms with Crippen molar-refractivity contribution in [3.63, 3.8) is 0 Å². The van der Waals surface area contributed by atoms with Gasteiger partial charge < -0.3 is 15.8 Å². The molecule has 0 unspecified atom stereocenters. The van der Waals surface area contributed by atoms with E-state index in [0.29, 0.717) is 18.5 Å². The fraction of sp³-hybridized carbons (Fsp3) is 0.429. The summed E-state index contributed by atoms with van der Waals surface area (Å²) in [6, 6.07) is 5.66. The van der Waals surface area contributed by atoms with Crippen molar-refractivity contribution in [1.29, 1.82) is 0 Å². The summed E-state index contributed by atoms with van der Waals surface area (Å²) in [7, 11) is 0. The van der Waals surface area contributed by atoms with Gasteiger partial charge in [-0.25, -0.2) is 0 Å². The second kappa shape index (κ2) is 7.28. The van der Waals surface area contributed by atoms with Gasteiger partial charge in [-0.2, -0.15) is 0 Å². The number of oxime groups is 1. The molecule has 0 aliphatic rings. The van der Waals surface area contributed by atoms with Crippen molar-refractivity contribution in [3.05, 3.63) is 33.8 Å². The van der Waals surface area contributed by atoms with Gasteiger partial charge in [0.1, 0.15) is 5.84 Å². The average Bonchev–Trinajstić information content (AvgIpc) is 2.40. The van der Waals surface area contributed by atoms with Crippen LogP contribution in [0.5, 0.6) is 0 Å². The molecule has 20 heavy (non-hydrogen) atoms. The maximum absolute atomic E-state index is 12.6.